The van der Waals surface area contributed by atoms with Crippen LogP contribution in [0, 0.1) is 5.92 Å². The van der Waals surface area contributed by atoms with E-state index >= 15 is 0 Å². The molecule has 1 aromatic heterocycles. The summed E-state index contributed by atoms with van der Waals surface area (Å²) in [6, 6.07) is 3.92. The van der Waals surface area contributed by atoms with Crippen molar-refractivity contribution < 1.29 is 17.9 Å². The van der Waals surface area contributed by atoms with E-state index in [2.05, 4.69) is 10.1 Å². The quantitative estimate of drug-likeness (QED) is 0.792. The van der Waals surface area contributed by atoms with Crippen LogP contribution in [0.15, 0.2) is 12.1 Å². The summed E-state index contributed by atoms with van der Waals surface area (Å²) in [6.07, 6.45) is 1.06. The number of carbonyl (C=O) groups excluding carboxylic acids is 1. The predicted molar refractivity (Wildman–Crippen MR) is 78.5 cm³/mol. The first-order valence-corrected chi connectivity index (χ1v) is 9.18. The van der Waals surface area contributed by atoms with Gasteiger partial charge in [0.2, 0.25) is 0 Å². The molecular weight excluding hydrogens is 298 g/mol. The lowest BCUT2D eigenvalue weighted by molar-refractivity contribution is -0.139. The van der Waals surface area contributed by atoms with Crippen LogP contribution in [0.1, 0.15) is 16.2 Å². The zero-order valence-electron chi connectivity index (χ0n) is 11.4. The molecule has 1 aliphatic heterocycles. The van der Waals surface area contributed by atoms with Crippen LogP contribution in [0.25, 0.3) is 0 Å². The van der Waals surface area contributed by atoms with Gasteiger partial charge in [0.25, 0.3) is 0 Å². The molecule has 1 atom stereocenters. The Kier molecular flexibility index (Phi) is 5.17. The largest absolute Gasteiger partial charge is 0.469 e. The van der Waals surface area contributed by atoms with E-state index in [1.165, 1.54) is 7.11 Å². The highest BCUT2D eigenvalue weighted by Crippen LogP contribution is 2.19. The summed E-state index contributed by atoms with van der Waals surface area (Å²) in [6.45, 7) is 1.44. The number of methoxy groups -OCH3 is 1. The van der Waals surface area contributed by atoms with Crippen LogP contribution < -0.4 is 5.32 Å². The van der Waals surface area contributed by atoms with Crippen LogP contribution in [-0.4, -0.2) is 39.5 Å². The van der Waals surface area contributed by atoms with E-state index in [1.807, 2.05) is 12.1 Å². The summed E-state index contributed by atoms with van der Waals surface area (Å²) in [5.74, 6) is 0.622. The molecule has 1 aromatic rings. The first-order valence-electron chi connectivity index (χ1n) is 6.54. The van der Waals surface area contributed by atoms with Gasteiger partial charge in [-0.15, -0.1) is 11.3 Å². The van der Waals surface area contributed by atoms with Crippen molar-refractivity contribution >= 4 is 27.1 Å². The van der Waals surface area contributed by atoms with E-state index < -0.39 is 9.84 Å². The Morgan fingerprint density at radius 3 is 2.85 bits per heavy atom. The Morgan fingerprint density at radius 1 is 1.45 bits per heavy atom. The third-order valence-electron chi connectivity index (χ3n) is 3.32. The molecule has 0 aliphatic carbocycles. The number of nitrogens with one attached hydrogen (secondary N) is 1. The van der Waals surface area contributed by atoms with Gasteiger partial charge < -0.3 is 10.1 Å². The SMILES string of the molecule is COC(=O)Cc1ccc(CNCC2CCS(=O)(=O)C2)s1. The molecule has 2 rings (SSSR count). The number of rotatable bonds is 6. The molecule has 0 spiro atoms. The Balaban J connectivity index is 1.73. The van der Waals surface area contributed by atoms with Gasteiger partial charge in [-0.25, -0.2) is 8.42 Å². The van der Waals surface area contributed by atoms with Crippen molar-refractivity contribution in [3.63, 3.8) is 0 Å². The number of esters is 1. The summed E-state index contributed by atoms with van der Waals surface area (Å²) in [4.78, 5) is 13.3. The monoisotopic (exact) mass is 317 g/mol. The molecule has 20 heavy (non-hydrogen) atoms. The van der Waals surface area contributed by atoms with E-state index in [0.717, 1.165) is 22.7 Å². The fourth-order valence-electron chi connectivity index (χ4n) is 2.26. The second kappa shape index (κ2) is 6.69. The minimum atomic E-state index is -2.79. The molecule has 0 bridgehead atoms. The maximum Gasteiger partial charge on any atom is 0.310 e. The van der Waals surface area contributed by atoms with Crippen molar-refractivity contribution in [3.8, 4) is 0 Å². The fraction of sp³-hybridized carbons (Fsp3) is 0.615. The van der Waals surface area contributed by atoms with Gasteiger partial charge in [-0.1, -0.05) is 0 Å². The van der Waals surface area contributed by atoms with E-state index in [-0.39, 0.29) is 11.9 Å². The molecule has 0 saturated carbocycles. The third-order valence-corrected chi connectivity index (χ3v) is 6.24. The minimum absolute atomic E-state index is 0.231. The maximum absolute atomic E-state index is 11.3. The van der Waals surface area contributed by atoms with E-state index in [1.54, 1.807) is 11.3 Å². The lowest BCUT2D eigenvalue weighted by Crippen LogP contribution is -2.22. The zero-order valence-corrected chi connectivity index (χ0v) is 13.1. The van der Waals surface area contributed by atoms with Crippen molar-refractivity contribution in [2.24, 2.45) is 5.92 Å². The molecule has 112 valence electrons. The molecule has 0 radical (unpaired) electrons. The summed E-state index contributed by atoms with van der Waals surface area (Å²) in [5, 5.41) is 3.29. The van der Waals surface area contributed by atoms with Gasteiger partial charge in [-0.3, -0.25) is 4.79 Å². The van der Waals surface area contributed by atoms with Gasteiger partial charge in [0.05, 0.1) is 25.0 Å². The average molecular weight is 317 g/mol. The van der Waals surface area contributed by atoms with Gasteiger partial charge in [-0.05, 0) is 31.0 Å². The summed E-state index contributed by atoms with van der Waals surface area (Å²) in [5.41, 5.74) is 0. The Hall–Kier alpha value is -0.920. The molecular formula is C13H19NO4S2. The number of hydrogen-bond acceptors (Lipinski definition) is 6. The Bertz CT molecular complexity index is 565. The number of thiophene rings is 1. The van der Waals surface area contributed by atoms with Crippen molar-refractivity contribution in [1.29, 1.82) is 0 Å². The van der Waals surface area contributed by atoms with Crippen LogP contribution in [0.3, 0.4) is 0 Å². The summed E-state index contributed by atoms with van der Waals surface area (Å²) < 4.78 is 27.3. The second-order valence-electron chi connectivity index (χ2n) is 5.02. The highest BCUT2D eigenvalue weighted by Gasteiger charge is 2.27. The molecule has 0 aromatic carbocycles. The van der Waals surface area contributed by atoms with Crippen LogP contribution in [0.2, 0.25) is 0 Å². The molecule has 1 N–H and O–H groups in total. The number of carbonyl (C=O) groups is 1. The Morgan fingerprint density at radius 2 is 2.20 bits per heavy atom. The van der Waals surface area contributed by atoms with Crippen molar-refractivity contribution in [2.75, 3.05) is 25.2 Å². The van der Waals surface area contributed by atoms with Gasteiger partial charge in [0.1, 0.15) is 0 Å². The van der Waals surface area contributed by atoms with Gasteiger partial charge in [0.15, 0.2) is 9.84 Å². The van der Waals surface area contributed by atoms with Gasteiger partial charge >= 0.3 is 5.97 Å². The van der Waals surface area contributed by atoms with Gasteiger partial charge in [-0.2, -0.15) is 0 Å². The van der Waals surface area contributed by atoms with Crippen LogP contribution in [-0.2, 0) is 32.3 Å². The summed E-state index contributed by atoms with van der Waals surface area (Å²) in [7, 11) is -1.41. The highest BCUT2D eigenvalue weighted by molar-refractivity contribution is 7.91. The van der Waals surface area contributed by atoms with Crippen LogP contribution in [0.5, 0.6) is 0 Å². The second-order valence-corrected chi connectivity index (χ2v) is 8.50. The first kappa shape index (κ1) is 15.5. The molecule has 5 nitrogen and oxygen atoms in total. The summed E-state index contributed by atoms with van der Waals surface area (Å²) >= 11 is 1.58. The van der Waals surface area contributed by atoms with Crippen molar-refractivity contribution in [2.45, 2.75) is 19.4 Å². The smallest absolute Gasteiger partial charge is 0.310 e. The number of sulfone groups is 1. The van der Waals surface area contributed by atoms with Crippen LogP contribution in [0.4, 0.5) is 0 Å². The molecule has 1 saturated heterocycles. The molecule has 1 fully saturated rings. The average Bonchev–Trinajstić information content (AvgIpc) is 2.96. The maximum atomic E-state index is 11.3. The van der Waals surface area contributed by atoms with Crippen molar-refractivity contribution in [1.82, 2.24) is 5.32 Å². The minimum Gasteiger partial charge on any atom is -0.469 e. The zero-order chi connectivity index (χ0) is 14.6. The first-order chi connectivity index (χ1) is 9.48. The lowest BCUT2D eigenvalue weighted by Gasteiger charge is -2.08. The van der Waals surface area contributed by atoms with Crippen molar-refractivity contribution in [3.05, 3.63) is 21.9 Å². The van der Waals surface area contributed by atoms with E-state index in [4.69, 9.17) is 0 Å². The molecule has 7 heteroatoms. The van der Waals surface area contributed by atoms with E-state index in [0.29, 0.717) is 24.5 Å². The molecule has 2 heterocycles. The van der Waals surface area contributed by atoms with Gasteiger partial charge in [0, 0.05) is 16.3 Å². The van der Waals surface area contributed by atoms with Crippen LogP contribution >= 0.6 is 11.3 Å². The standard InChI is InChI=1S/C13H19NO4S2/c1-18-13(15)6-11-2-3-12(19-11)8-14-7-10-4-5-20(16,17)9-10/h2-3,10,14H,4-9H2,1H3. The highest BCUT2D eigenvalue weighted by atomic mass is 32.2. The fourth-order valence-corrected chi connectivity index (χ4v) is 5.09. The number of ether oxygens (including phenoxy) is 1. The third kappa shape index (κ3) is 4.57. The number of hydrogen-bond donors (Lipinski definition) is 1. The molecule has 1 aliphatic rings. The lowest BCUT2D eigenvalue weighted by atomic mass is 10.1. The van der Waals surface area contributed by atoms with E-state index in [9.17, 15) is 13.2 Å². The Labute approximate surface area is 123 Å². The molecule has 0 amide bonds. The topological polar surface area (TPSA) is 72.5 Å². The molecule has 1 unspecified atom stereocenters. The predicted octanol–water partition coefficient (Wildman–Crippen LogP) is 0.988. The normalized spacial score (nSPS) is 20.9.